The van der Waals surface area contributed by atoms with Crippen molar-refractivity contribution in [2.75, 3.05) is 6.54 Å². The Kier molecular flexibility index (Phi) is 4.27. The molecule has 21 heavy (non-hydrogen) atoms. The van der Waals surface area contributed by atoms with Gasteiger partial charge in [-0.3, -0.25) is 0 Å². The van der Waals surface area contributed by atoms with Crippen LogP contribution >= 0.6 is 11.3 Å². The number of hydrogen-bond donors (Lipinski definition) is 1. The van der Waals surface area contributed by atoms with Gasteiger partial charge in [0.15, 0.2) is 0 Å². The Bertz CT molecular complexity index is 688. The van der Waals surface area contributed by atoms with Gasteiger partial charge in [0.25, 0.3) is 0 Å². The lowest BCUT2D eigenvalue weighted by Crippen LogP contribution is -2.21. The van der Waals surface area contributed by atoms with Crippen molar-refractivity contribution in [2.24, 2.45) is 0 Å². The molecule has 0 aliphatic heterocycles. The van der Waals surface area contributed by atoms with Crippen molar-refractivity contribution in [2.45, 2.75) is 19.4 Å². The van der Waals surface area contributed by atoms with Crippen LogP contribution in [-0.2, 0) is 6.42 Å². The normalized spacial score (nSPS) is 12.7. The average molecular weight is 300 g/mol. The fraction of sp³-hybridized carbons (Fsp3) is 0.235. The number of hydrogen-bond acceptors (Lipinski definition) is 3. The largest absolute Gasteiger partial charge is 0.310 e. The average Bonchev–Trinajstić information content (AvgIpc) is 2.90. The van der Waals surface area contributed by atoms with Gasteiger partial charge >= 0.3 is 0 Å². The number of benzene rings is 2. The Labute approximate surface area is 127 Å². The number of halogens is 1. The van der Waals surface area contributed by atoms with E-state index in [1.165, 1.54) is 16.8 Å². The fourth-order valence-corrected chi connectivity index (χ4v) is 3.26. The van der Waals surface area contributed by atoms with Crippen LogP contribution in [0, 0.1) is 5.82 Å². The number of rotatable bonds is 5. The summed E-state index contributed by atoms with van der Waals surface area (Å²) in [7, 11) is 0. The maximum atomic E-state index is 12.9. The molecule has 1 unspecified atom stereocenters. The van der Waals surface area contributed by atoms with Crippen LogP contribution in [0.1, 0.15) is 23.5 Å². The molecule has 1 N–H and O–H groups in total. The highest BCUT2D eigenvalue weighted by Crippen LogP contribution is 2.21. The minimum absolute atomic E-state index is 0.194. The van der Waals surface area contributed by atoms with Crippen LogP contribution in [0.5, 0.6) is 0 Å². The Hall–Kier alpha value is -1.78. The third kappa shape index (κ3) is 3.46. The molecular formula is C17H17FN2S. The molecule has 4 heteroatoms. The topological polar surface area (TPSA) is 24.9 Å². The zero-order chi connectivity index (χ0) is 14.7. The summed E-state index contributed by atoms with van der Waals surface area (Å²) in [5.74, 6) is -0.194. The Morgan fingerprint density at radius 3 is 2.67 bits per heavy atom. The van der Waals surface area contributed by atoms with Crippen molar-refractivity contribution >= 4 is 21.6 Å². The molecule has 1 heterocycles. The van der Waals surface area contributed by atoms with Gasteiger partial charge < -0.3 is 5.32 Å². The number of aromatic nitrogens is 1. The molecule has 0 fully saturated rings. The first kappa shape index (κ1) is 14.2. The molecule has 0 saturated carbocycles. The molecule has 108 valence electrons. The smallest absolute Gasteiger partial charge is 0.123 e. The lowest BCUT2D eigenvalue weighted by atomic mass is 10.1. The summed E-state index contributed by atoms with van der Waals surface area (Å²) < 4.78 is 14.1. The summed E-state index contributed by atoms with van der Waals surface area (Å²) in [6, 6.07) is 15.1. The van der Waals surface area contributed by atoms with Gasteiger partial charge in [0, 0.05) is 19.0 Å². The molecule has 1 atom stereocenters. The number of nitrogens with zero attached hydrogens (tertiary/aromatic N) is 1. The van der Waals surface area contributed by atoms with Crippen LogP contribution in [0.4, 0.5) is 4.39 Å². The van der Waals surface area contributed by atoms with Crippen LogP contribution in [-0.4, -0.2) is 11.5 Å². The second-order valence-corrected chi connectivity index (χ2v) is 6.17. The van der Waals surface area contributed by atoms with Gasteiger partial charge in [-0.15, -0.1) is 11.3 Å². The maximum absolute atomic E-state index is 12.9. The molecular weight excluding hydrogens is 283 g/mol. The van der Waals surface area contributed by atoms with Crippen LogP contribution < -0.4 is 5.32 Å². The summed E-state index contributed by atoms with van der Waals surface area (Å²) in [6.07, 6.45) is 0.908. The zero-order valence-corrected chi connectivity index (χ0v) is 12.7. The molecule has 0 bridgehead atoms. The van der Waals surface area contributed by atoms with Gasteiger partial charge in [0.1, 0.15) is 5.82 Å². The SMILES string of the molecule is CC(NCCc1nc2ccccc2s1)c1ccc(F)cc1. The highest BCUT2D eigenvalue weighted by molar-refractivity contribution is 7.18. The summed E-state index contributed by atoms with van der Waals surface area (Å²) in [6.45, 7) is 2.95. The Morgan fingerprint density at radius 1 is 1.14 bits per heavy atom. The molecule has 3 aromatic rings. The Morgan fingerprint density at radius 2 is 1.90 bits per heavy atom. The number of fused-ring (bicyclic) bond motifs is 1. The van der Waals surface area contributed by atoms with Gasteiger partial charge in [0.05, 0.1) is 15.2 Å². The van der Waals surface area contributed by atoms with Crippen LogP contribution in [0.25, 0.3) is 10.2 Å². The van der Waals surface area contributed by atoms with Crippen LogP contribution in [0.15, 0.2) is 48.5 Å². The first-order valence-electron chi connectivity index (χ1n) is 7.05. The van der Waals surface area contributed by atoms with Gasteiger partial charge in [-0.25, -0.2) is 9.37 Å². The lowest BCUT2D eigenvalue weighted by molar-refractivity contribution is 0.573. The zero-order valence-electron chi connectivity index (χ0n) is 11.8. The third-order valence-corrected chi connectivity index (χ3v) is 4.59. The van der Waals surface area contributed by atoms with E-state index >= 15 is 0 Å². The molecule has 3 rings (SSSR count). The van der Waals surface area contributed by atoms with E-state index in [9.17, 15) is 4.39 Å². The molecule has 0 aliphatic carbocycles. The van der Waals surface area contributed by atoms with Crippen molar-refractivity contribution in [3.8, 4) is 0 Å². The molecule has 0 saturated heterocycles. The molecule has 1 aromatic heterocycles. The van der Waals surface area contributed by atoms with Crippen LogP contribution in [0.3, 0.4) is 0 Å². The first-order chi connectivity index (χ1) is 10.2. The van der Waals surface area contributed by atoms with Gasteiger partial charge in [-0.2, -0.15) is 0 Å². The number of nitrogens with one attached hydrogen (secondary N) is 1. The van der Waals surface area contributed by atoms with E-state index in [-0.39, 0.29) is 11.9 Å². The predicted octanol–water partition coefficient (Wildman–Crippen LogP) is 4.33. The summed E-state index contributed by atoms with van der Waals surface area (Å²) in [5.41, 5.74) is 2.17. The van der Waals surface area contributed by atoms with Crippen molar-refractivity contribution < 1.29 is 4.39 Å². The van der Waals surface area contributed by atoms with E-state index < -0.39 is 0 Å². The van der Waals surface area contributed by atoms with Crippen molar-refractivity contribution in [1.29, 1.82) is 0 Å². The van der Waals surface area contributed by atoms with Gasteiger partial charge in [0.2, 0.25) is 0 Å². The highest BCUT2D eigenvalue weighted by Gasteiger charge is 2.06. The van der Waals surface area contributed by atoms with E-state index in [0.717, 1.165) is 29.1 Å². The summed E-state index contributed by atoms with van der Waals surface area (Å²) in [4.78, 5) is 4.62. The van der Waals surface area contributed by atoms with E-state index in [1.54, 1.807) is 11.3 Å². The molecule has 2 nitrogen and oxygen atoms in total. The molecule has 0 spiro atoms. The maximum Gasteiger partial charge on any atom is 0.123 e. The summed E-state index contributed by atoms with van der Waals surface area (Å²) >= 11 is 1.75. The van der Waals surface area contributed by atoms with Gasteiger partial charge in [-0.05, 0) is 36.8 Å². The lowest BCUT2D eigenvalue weighted by Gasteiger charge is -2.13. The third-order valence-electron chi connectivity index (χ3n) is 3.50. The van der Waals surface area contributed by atoms with Crippen molar-refractivity contribution in [3.05, 3.63) is 64.9 Å². The molecule has 0 radical (unpaired) electrons. The first-order valence-corrected chi connectivity index (χ1v) is 7.87. The summed E-state index contributed by atoms with van der Waals surface area (Å²) in [5, 5.41) is 4.60. The monoisotopic (exact) mass is 300 g/mol. The minimum atomic E-state index is -0.194. The standard InChI is InChI=1S/C17H17FN2S/c1-12(13-6-8-14(18)9-7-13)19-11-10-17-20-15-4-2-3-5-16(15)21-17/h2-9,12,19H,10-11H2,1H3. The second kappa shape index (κ2) is 6.33. The van der Waals surface area contributed by atoms with Gasteiger partial charge in [-0.1, -0.05) is 24.3 Å². The van der Waals surface area contributed by atoms with E-state index in [2.05, 4.69) is 23.3 Å². The number of para-hydroxylation sites is 1. The highest BCUT2D eigenvalue weighted by atomic mass is 32.1. The minimum Gasteiger partial charge on any atom is -0.310 e. The second-order valence-electron chi connectivity index (χ2n) is 5.05. The molecule has 2 aromatic carbocycles. The van der Waals surface area contributed by atoms with E-state index in [4.69, 9.17) is 0 Å². The molecule has 0 amide bonds. The van der Waals surface area contributed by atoms with Crippen molar-refractivity contribution in [3.63, 3.8) is 0 Å². The Balaban J connectivity index is 1.56. The predicted molar refractivity (Wildman–Crippen MR) is 86.1 cm³/mol. The van der Waals surface area contributed by atoms with Crippen LogP contribution in [0.2, 0.25) is 0 Å². The molecule has 0 aliphatic rings. The van der Waals surface area contributed by atoms with E-state index in [1.807, 2.05) is 30.3 Å². The van der Waals surface area contributed by atoms with E-state index in [0.29, 0.717) is 0 Å². The number of thiazole rings is 1. The van der Waals surface area contributed by atoms with Crippen molar-refractivity contribution in [1.82, 2.24) is 10.3 Å². The fourth-order valence-electron chi connectivity index (χ4n) is 2.29. The quantitative estimate of drug-likeness (QED) is 0.758.